The van der Waals surface area contributed by atoms with Gasteiger partial charge in [0.15, 0.2) is 5.78 Å². The maximum absolute atomic E-state index is 12.6. The van der Waals surface area contributed by atoms with Crippen molar-refractivity contribution in [3.63, 3.8) is 0 Å². The highest BCUT2D eigenvalue weighted by atomic mass is 16.5. The summed E-state index contributed by atoms with van der Waals surface area (Å²) in [6.45, 7) is 4.17. The predicted octanol–water partition coefficient (Wildman–Crippen LogP) is 3.91. The van der Waals surface area contributed by atoms with E-state index in [4.69, 9.17) is 4.74 Å². The first-order valence-electron chi connectivity index (χ1n) is 8.39. The molecule has 0 fully saturated rings. The molecule has 3 aromatic rings. The van der Waals surface area contributed by atoms with Crippen LogP contribution in [-0.4, -0.2) is 20.5 Å². The van der Waals surface area contributed by atoms with Gasteiger partial charge in [-0.1, -0.05) is 24.3 Å². The maximum atomic E-state index is 12.6. The minimum Gasteiger partial charge on any atom is -0.488 e. The van der Waals surface area contributed by atoms with Crippen molar-refractivity contribution in [3.8, 4) is 5.75 Å². The molecule has 0 aliphatic heterocycles. The number of ketones is 1. The van der Waals surface area contributed by atoms with Crippen LogP contribution in [0.25, 0.3) is 6.08 Å². The van der Waals surface area contributed by atoms with Gasteiger partial charge in [-0.2, -0.15) is 5.10 Å². The number of hydrogen-bond donors (Lipinski definition) is 0. The van der Waals surface area contributed by atoms with Crippen molar-refractivity contribution >= 4 is 11.9 Å². The van der Waals surface area contributed by atoms with Crippen LogP contribution < -0.4 is 4.74 Å². The van der Waals surface area contributed by atoms with E-state index in [-0.39, 0.29) is 5.78 Å². The summed E-state index contributed by atoms with van der Waals surface area (Å²) in [5.74, 6) is 0.662. The van der Waals surface area contributed by atoms with Crippen LogP contribution in [-0.2, 0) is 13.7 Å². The Morgan fingerprint density at radius 1 is 1.19 bits per heavy atom. The van der Waals surface area contributed by atoms with Crippen LogP contribution in [0.4, 0.5) is 0 Å². The summed E-state index contributed by atoms with van der Waals surface area (Å²) in [6, 6.07) is 11.5. The topological polar surface area (TPSA) is 57.0 Å². The average Bonchev–Trinajstić information content (AvgIpc) is 2.91. The van der Waals surface area contributed by atoms with Gasteiger partial charge in [-0.25, -0.2) is 0 Å². The van der Waals surface area contributed by atoms with Crippen LogP contribution in [0.3, 0.4) is 0 Å². The van der Waals surface area contributed by atoms with Gasteiger partial charge in [0.05, 0.1) is 11.3 Å². The van der Waals surface area contributed by atoms with Gasteiger partial charge in [0, 0.05) is 36.3 Å². The fraction of sp³-hybridized carbons (Fsp3) is 0.190. The summed E-state index contributed by atoms with van der Waals surface area (Å²) < 4.78 is 7.62. The molecule has 132 valence electrons. The summed E-state index contributed by atoms with van der Waals surface area (Å²) in [5.41, 5.74) is 4.09. The van der Waals surface area contributed by atoms with Crippen molar-refractivity contribution in [2.24, 2.45) is 7.05 Å². The minimum absolute atomic E-state index is 0.0600. The normalized spacial score (nSPS) is 11.0. The number of carbonyl (C=O) groups excluding carboxylic acids is 1. The Morgan fingerprint density at radius 2 is 2.00 bits per heavy atom. The van der Waals surface area contributed by atoms with E-state index in [9.17, 15) is 4.79 Å². The molecule has 2 aromatic heterocycles. The highest BCUT2D eigenvalue weighted by molar-refractivity contribution is 6.08. The van der Waals surface area contributed by atoms with E-state index in [0.29, 0.717) is 12.2 Å². The number of allylic oxidation sites excluding steroid dienone is 1. The highest BCUT2D eigenvalue weighted by Crippen LogP contribution is 2.22. The van der Waals surface area contributed by atoms with Crippen LogP contribution in [0.15, 0.2) is 54.9 Å². The second kappa shape index (κ2) is 7.78. The molecular formula is C21H21N3O2. The lowest BCUT2D eigenvalue weighted by molar-refractivity contribution is 0.104. The van der Waals surface area contributed by atoms with Crippen molar-refractivity contribution in [2.75, 3.05) is 0 Å². The highest BCUT2D eigenvalue weighted by Gasteiger charge is 2.15. The standard InChI is InChI=1S/C21H21N3O2/c1-15-21(16(2)24(3)23-15)19(25)11-10-18-8-4-5-9-20(18)26-14-17-7-6-12-22-13-17/h4-13H,14H2,1-3H3. The Labute approximate surface area is 153 Å². The molecule has 0 unspecified atom stereocenters. The van der Waals surface area contributed by atoms with E-state index >= 15 is 0 Å². The van der Waals surface area contributed by atoms with E-state index in [0.717, 1.165) is 28.3 Å². The van der Waals surface area contributed by atoms with Crippen LogP contribution >= 0.6 is 0 Å². The third kappa shape index (κ3) is 3.88. The van der Waals surface area contributed by atoms with Gasteiger partial charge in [-0.15, -0.1) is 0 Å². The Morgan fingerprint density at radius 3 is 2.69 bits per heavy atom. The molecule has 0 spiro atoms. The Kier molecular flexibility index (Phi) is 5.27. The van der Waals surface area contributed by atoms with Gasteiger partial charge in [0.25, 0.3) is 0 Å². The third-order valence-electron chi connectivity index (χ3n) is 4.21. The smallest absolute Gasteiger partial charge is 0.189 e. The zero-order valence-corrected chi connectivity index (χ0v) is 15.1. The molecule has 5 heteroatoms. The SMILES string of the molecule is Cc1nn(C)c(C)c1C(=O)C=Cc1ccccc1OCc1cccnc1. The van der Waals surface area contributed by atoms with Gasteiger partial charge < -0.3 is 4.74 Å². The number of pyridine rings is 1. The second-order valence-corrected chi connectivity index (χ2v) is 6.05. The molecule has 0 bridgehead atoms. The number of rotatable bonds is 6. The molecule has 0 N–H and O–H groups in total. The van der Waals surface area contributed by atoms with Crippen molar-refractivity contribution in [1.29, 1.82) is 0 Å². The fourth-order valence-electron chi connectivity index (χ4n) is 2.77. The first-order chi connectivity index (χ1) is 12.6. The second-order valence-electron chi connectivity index (χ2n) is 6.05. The average molecular weight is 347 g/mol. The Hall–Kier alpha value is -3.21. The van der Waals surface area contributed by atoms with Gasteiger partial charge >= 0.3 is 0 Å². The molecule has 0 aliphatic carbocycles. The van der Waals surface area contributed by atoms with Crippen molar-refractivity contribution in [1.82, 2.24) is 14.8 Å². The van der Waals surface area contributed by atoms with Gasteiger partial charge in [-0.05, 0) is 38.1 Å². The number of hydrogen-bond acceptors (Lipinski definition) is 4. The molecule has 2 heterocycles. The quantitative estimate of drug-likeness (QED) is 0.501. The first kappa shape index (κ1) is 17.6. The largest absolute Gasteiger partial charge is 0.488 e. The fourth-order valence-corrected chi connectivity index (χ4v) is 2.77. The third-order valence-corrected chi connectivity index (χ3v) is 4.21. The van der Waals surface area contributed by atoms with E-state index in [2.05, 4.69) is 10.1 Å². The zero-order valence-electron chi connectivity index (χ0n) is 15.1. The van der Waals surface area contributed by atoms with E-state index in [1.807, 2.05) is 57.3 Å². The molecule has 0 aliphatic rings. The van der Waals surface area contributed by atoms with Crippen LogP contribution in [0.1, 0.15) is 32.9 Å². The lowest BCUT2D eigenvalue weighted by atomic mass is 10.1. The lowest BCUT2D eigenvalue weighted by Crippen LogP contribution is -2.00. The first-order valence-corrected chi connectivity index (χ1v) is 8.39. The molecule has 26 heavy (non-hydrogen) atoms. The van der Waals surface area contributed by atoms with Crippen LogP contribution in [0.2, 0.25) is 0 Å². The molecule has 0 amide bonds. The summed E-state index contributed by atoms with van der Waals surface area (Å²) in [7, 11) is 1.84. The minimum atomic E-state index is -0.0600. The number of benzene rings is 1. The molecule has 3 rings (SSSR count). The zero-order chi connectivity index (χ0) is 18.5. The monoisotopic (exact) mass is 347 g/mol. The van der Waals surface area contributed by atoms with Crippen molar-refractivity contribution in [2.45, 2.75) is 20.5 Å². The lowest BCUT2D eigenvalue weighted by Gasteiger charge is -2.09. The summed E-state index contributed by atoms with van der Waals surface area (Å²) >= 11 is 0. The number of aryl methyl sites for hydroxylation is 2. The number of ether oxygens (including phenoxy) is 1. The summed E-state index contributed by atoms with van der Waals surface area (Å²) in [5, 5.41) is 4.30. The summed E-state index contributed by atoms with van der Waals surface area (Å²) in [6.07, 6.45) is 6.86. The van der Waals surface area contributed by atoms with Crippen molar-refractivity contribution < 1.29 is 9.53 Å². The van der Waals surface area contributed by atoms with Gasteiger partial charge in [0.1, 0.15) is 12.4 Å². The van der Waals surface area contributed by atoms with E-state index in [1.54, 1.807) is 29.2 Å². The van der Waals surface area contributed by atoms with Gasteiger partial charge in [-0.3, -0.25) is 14.5 Å². The molecule has 1 aromatic carbocycles. The Balaban J connectivity index is 1.77. The number of aromatic nitrogens is 3. The molecule has 0 radical (unpaired) electrons. The molecular weight excluding hydrogens is 326 g/mol. The molecule has 0 atom stereocenters. The number of para-hydroxylation sites is 1. The maximum Gasteiger partial charge on any atom is 0.189 e. The van der Waals surface area contributed by atoms with Crippen molar-refractivity contribution in [3.05, 3.63) is 82.9 Å². The van der Waals surface area contributed by atoms with E-state index < -0.39 is 0 Å². The van der Waals surface area contributed by atoms with Gasteiger partial charge in [0.2, 0.25) is 0 Å². The van der Waals surface area contributed by atoms with Crippen LogP contribution in [0.5, 0.6) is 5.75 Å². The molecule has 0 saturated carbocycles. The molecule has 0 saturated heterocycles. The molecule has 5 nitrogen and oxygen atoms in total. The number of nitrogens with zero attached hydrogens (tertiary/aromatic N) is 3. The number of carbonyl (C=O) groups is 1. The van der Waals surface area contributed by atoms with E-state index in [1.165, 1.54) is 0 Å². The summed E-state index contributed by atoms with van der Waals surface area (Å²) in [4.78, 5) is 16.7. The van der Waals surface area contributed by atoms with Crippen LogP contribution in [0, 0.1) is 13.8 Å². The predicted molar refractivity (Wildman–Crippen MR) is 101 cm³/mol. The Bertz CT molecular complexity index is 943.